The number of carboxylic acids is 1. The van der Waals surface area contributed by atoms with Crippen LogP contribution in [0, 0.1) is 6.92 Å². The fourth-order valence-corrected chi connectivity index (χ4v) is 2.60. The Morgan fingerprint density at radius 1 is 1.39 bits per heavy atom. The third-order valence-electron chi connectivity index (χ3n) is 2.15. The molecular weight excluding hydrogens is 258 g/mol. The Morgan fingerprint density at radius 2 is 2.06 bits per heavy atom. The topological polar surface area (TPSA) is 92.7 Å². The second-order valence-corrected chi connectivity index (χ2v) is 5.34. The van der Waals surface area contributed by atoms with Gasteiger partial charge in [-0.15, -0.1) is 0 Å². The van der Waals surface area contributed by atoms with Crippen molar-refractivity contribution in [1.29, 1.82) is 0 Å². The summed E-state index contributed by atoms with van der Waals surface area (Å²) >= 11 is 0. The second kappa shape index (κ2) is 6.48. The van der Waals surface area contributed by atoms with Crippen LogP contribution in [0.25, 0.3) is 0 Å². The van der Waals surface area contributed by atoms with Gasteiger partial charge in [-0.05, 0) is 18.6 Å². The molecule has 18 heavy (non-hydrogen) atoms. The normalized spacial score (nSPS) is 11.4. The van der Waals surface area contributed by atoms with Crippen molar-refractivity contribution >= 4 is 16.0 Å². The summed E-state index contributed by atoms with van der Waals surface area (Å²) in [7, 11) is -3.57. The lowest BCUT2D eigenvalue weighted by atomic mass is 10.2. The number of hydrogen-bond donors (Lipinski definition) is 2. The van der Waals surface area contributed by atoms with Crippen LogP contribution < -0.4 is 4.72 Å². The van der Waals surface area contributed by atoms with E-state index in [2.05, 4.69) is 4.72 Å². The summed E-state index contributed by atoms with van der Waals surface area (Å²) in [6, 6.07) is 6.61. The SMILES string of the molecule is Cc1ccccc1S(=O)(=O)NCCOCC(=O)O. The minimum Gasteiger partial charge on any atom is -0.480 e. The van der Waals surface area contributed by atoms with Gasteiger partial charge in [-0.3, -0.25) is 0 Å². The molecule has 0 aliphatic heterocycles. The van der Waals surface area contributed by atoms with Crippen LogP contribution in [0.1, 0.15) is 5.56 Å². The van der Waals surface area contributed by atoms with E-state index in [1.807, 2.05) is 0 Å². The Bertz CT molecular complexity index is 512. The van der Waals surface area contributed by atoms with E-state index in [1.54, 1.807) is 25.1 Å². The molecule has 1 aromatic carbocycles. The number of sulfonamides is 1. The average molecular weight is 273 g/mol. The van der Waals surface area contributed by atoms with Gasteiger partial charge < -0.3 is 9.84 Å². The van der Waals surface area contributed by atoms with Crippen molar-refractivity contribution in [1.82, 2.24) is 4.72 Å². The van der Waals surface area contributed by atoms with Crippen LogP contribution in [0.4, 0.5) is 0 Å². The van der Waals surface area contributed by atoms with Crippen molar-refractivity contribution in [3.8, 4) is 0 Å². The number of aryl methyl sites for hydroxylation is 1. The minimum atomic E-state index is -3.57. The lowest BCUT2D eigenvalue weighted by Crippen LogP contribution is -2.28. The van der Waals surface area contributed by atoms with Crippen LogP contribution in [0.5, 0.6) is 0 Å². The van der Waals surface area contributed by atoms with Crippen molar-refractivity contribution in [3.05, 3.63) is 29.8 Å². The van der Waals surface area contributed by atoms with E-state index in [1.165, 1.54) is 6.07 Å². The van der Waals surface area contributed by atoms with Gasteiger partial charge in [0, 0.05) is 6.54 Å². The number of aliphatic carboxylic acids is 1. The number of benzene rings is 1. The molecule has 0 heterocycles. The number of hydrogen-bond acceptors (Lipinski definition) is 4. The quantitative estimate of drug-likeness (QED) is 0.700. The van der Waals surface area contributed by atoms with Crippen LogP contribution in [0.2, 0.25) is 0 Å². The van der Waals surface area contributed by atoms with Gasteiger partial charge in [-0.2, -0.15) is 0 Å². The summed E-state index contributed by atoms with van der Waals surface area (Å²) < 4.78 is 30.8. The van der Waals surface area contributed by atoms with Gasteiger partial charge >= 0.3 is 5.97 Å². The number of ether oxygens (including phenoxy) is 1. The predicted octanol–water partition coefficient (Wildman–Crippen LogP) is 0.375. The Labute approximate surface area is 106 Å². The van der Waals surface area contributed by atoms with Crippen molar-refractivity contribution in [2.75, 3.05) is 19.8 Å². The molecule has 0 aliphatic carbocycles. The highest BCUT2D eigenvalue weighted by atomic mass is 32.2. The molecule has 0 bridgehead atoms. The molecule has 1 rings (SSSR count). The van der Waals surface area contributed by atoms with E-state index in [-0.39, 0.29) is 18.0 Å². The van der Waals surface area contributed by atoms with Crippen molar-refractivity contribution in [3.63, 3.8) is 0 Å². The van der Waals surface area contributed by atoms with E-state index in [0.29, 0.717) is 5.56 Å². The number of rotatable bonds is 7. The summed E-state index contributed by atoms with van der Waals surface area (Å²) in [5.74, 6) is -1.09. The van der Waals surface area contributed by atoms with Gasteiger partial charge in [0.25, 0.3) is 0 Å². The van der Waals surface area contributed by atoms with E-state index in [0.717, 1.165) is 0 Å². The van der Waals surface area contributed by atoms with Crippen molar-refractivity contribution in [2.45, 2.75) is 11.8 Å². The molecule has 0 amide bonds. The Balaban J connectivity index is 2.51. The van der Waals surface area contributed by atoms with Crippen LogP contribution >= 0.6 is 0 Å². The smallest absolute Gasteiger partial charge is 0.329 e. The van der Waals surface area contributed by atoms with E-state index in [4.69, 9.17) is 9.84 Å². The molecule has 1 aromatic rings. The molecule has 0 saturated heterocycles. The number of nitrogens with one attached hydrogen (secondary N) is 1. The van der Waals surface area contributed by atoms with Gasteiger partial charge in [0.2, 0.25) is 10.0 Å². The van der Waals surface area contributed by atoms with E-state index >= 15 is 0 Å². The van der Waals surface area contributed by atoms with Crippen LogP contribution in [-0.2, 0) is 19.6 Å². The lowest BCUT2D eigenvalue weighted by molar-refractivity contribution is -0.142. The first-order chi connectivity index (χ1) is 8.43. The fraction of sp³-hybridized carbons (Fsp3) is 0.364. The molecule has 0 unspecified atom stereocenters. The molecule has 7 heteroatoms. The van der Waals surface area contributed by atoms with E-state index < -0.39 is 22.6 Å². The summed E-state index contributed by atoms with van der Waals surface area (Å²) in [6.07, 6.45) is 0. The maximum atomic E-state index is 11.9. The summed E-state index contributed by atoms with van der Waals surface area (Å²) in [5, 5.41) is 8.32. The third-order valence-corrected chi connectivity index (χ3v) is 3.77. The first-order valence-corrected chi connectivity index (χ1v) is 6.76. The van der Waals surface area contributed by atoms with Gasteiger partial charge in [0.1, 0.15) is 6.61 Å². The van der Waals surface area contributed by atoms with Gasteiger partial charge in [-0.25, -0.2) is 17.9 Å². The molecule has 100 valence electrons. The molecule has 6 nitrogen and oxygen atoms in total. The molecule has 0 spiro atoms. The lowest BCUT2D eigenvalue weighted by Gasteiger charge is -2.08. The minimum absolute atomic E-state index is 0.0113. The molecular formula is C11H15NO5S. The predicted molar refractivity (Wildman–Crippen MR) is 64.8 cm³/mol. The van der Waals surface area contributed by atoms with Crippen LogP contribution in [0.15, 0.2) is 29.2 Å². The highest BCUT2D eigenvalue weighted by molar-refractivity contribution is 7.89. The number of carboxylic acid groups (broad SMARTS) is 1. The fourth-order valence-electron chi connectivity index (χ4n) is 1.34. The standard InChI is InChI=1S/C11H15NO5S/c1-9-4-2-3-5-10(9)18(15,16)12-6-7-17-8-11(13)14/h2-5,12H,6-8H2,1H3,(H,13,14). The average Bonchev–Trinajstić information content (AvgIpc) is 2.28. The first-order valence-electron chi connectivity index (χ1n) is 5.28. The molecule has 0 atom stereocenters. The summed E-state index contributed by atoms with van der Waals surface area (Å²) in [6.45, 7) is 1.31. The maximum Gasteiger partial charge on any atom is 0.329 e. The van der Waals surface area contributed by atoms with Gasteiger partial charge in [0.15, 0.2) is 0 Å². The largest absolute Gasteiger partial charge is 0.480 e. The monoisotopic (exact) mass is 273 g/mol. The molecule has 0 radical (unpaired) electrons. The Morgan fingerprint density at radius 3 is 2.67 bits per heavy atom. The molecule has 0 aliphatic rings. The van der Waals surface area contributed by atoms with Gasteiger partial charge in [0.05, 0.1) is 11.5 Å². The summed E-state index contributed by atoms with van der Waals surface area (Å²) in [4.78, 5) is 10.4. The Hall–Kier alpha value is -1.44. The van der Waals surface area contributed by atoms with Crippen molar-refractivity contribution < 1.29 is 23.1 Å². The molecule has 0 aromatic heterocycles. The highest BCUT2D eigenvalue weighted by Crippen LogP contribution is 2.13. The highest BCUT2D eigenvalue weighted by Gasteiger charge is 2.15. The number of carbonyl (C=O) groups is 1. The first kappa shape index (κ1) is 14.6. The van der Waals surface area contributed by atoms with E-state index in [9.17, 15) is 13.2 Å². The molecule has 0 fully saturated rings. The maximum absolute atomic E-state index is 11.9. The zero-order valence-corrected chi connectivity index (χ0v) is 10.7. The molecule has 0 saturated carbocycles. The Kier molecular flexibility index (Phi) is 5.26. The molecule has 2 N–H and O–H groups in total. The second-order valence-electron chi connectivity index (χ2n) is 3.61. The summed E-state index contributed by atoms with van der Waals surface area (Å²) in [5.41, 5.74) is 0.649. The van der Waals surface area contributed by atoms with Gasteiger partial charge in [-0.1, -0.05) is 18.2 Å². The van der Waals surface area contributed by atoms with Crippen LogP contribution in [0.3, 0.4) is 0 Å². The van der Waals surface area contributed by atoms with Crippen LogP contribution in [-0.4, -0.2) is 39.3 Å². The zero-order chi connectivity index (χ0) is 13.6. The van der Waals surface area contributed by atoms with Crippen molar-refractivity contribution in [2.24, 2.45) is 0 Å². The third kappa shape index (κ3) is 4.44. The zero-order valence-electron chi connectivity index (χ0n) is 9.92.